The Balaban J connectivity index is 2.42. The molecule has 0 aliphatic carbocycles. The van der Waals surface area contributed by atoms with Crippen LogP contribution in [0.3, 0.4) is 0 Å². The van der Waals surface area contributed by atoms with Crippen LogP contribution in [-0.2, 0) is 11.8 Å². The lowest BCUT2D eigenvalue weighted by atomic mass is 9.94. The van der Waals surface area contributed by atoms with E-state index >= 15 is 0 Å². The second-order valence-corrected chi connectivity index (χ2v) is 4.89. The van der Waals surface area contributed by atoms with E-state index in [1.54, 1.807) is 17.1 Å². The van der Waals surface area contributed by atoms with Gasteiger partial charge in [0.2, 0.25) is 5.91 Å². The largest absolute Gasteiger partial charge is 0.330 e. The van der Waals surface area contributed by atoms with Crippen LogP contribution in [0.25, 0.3) is 0 Å². The molecule has 5 nitrogen and oxygen atoms in total. The highest BCUT2D eigenvalue weighted by Crippen LogP contribution is 2.15. The predicted molar refractivity (Wildman–Crippen MR) is 68.5 cm³/mol. The third-order valence-electron chi connectivity index (χ3n) is 2.60. The molecular weight excluding hydrogens is 216 g/mol. The normalized spacial score (nSPS) is 12.8. The highest BCUT2D eigenvalue weighted by atomic mass is 16.1. The topological polar surface area (TPSA) is 72.9 Å². The predicted octanol–water partition coefficient (Wildman–Crippen LogP) is 1.37. The average Bonchev–Trinajstić information content (AvgIpc) is 2.62. The Hall–Kier alpha value is -1.36. The third kappa shape index (κ3) is 4.99. The Labute approximate surface area is 102 Å². The van der Waals surface area contributed by atoms with Crippen molar-refractivity contribution < 1.29 is 4.79 Å². The first-order valence-corrected chi connectivity index (χ1v) is 5.99. The Morgan fingerprint density at radius 3 is 2.76 bits per heavy atom. The molecule has 1 aromatic heterocycles. The number of hydrogen-bond donors (Lipinski definition) is 2. The van der Waals surface area contributed by atoms with Gasteiger partial charge in [0.05, 0.1) is 11.9 Å². The van der Waals surface area contributed by atoms with Crippen LogP contribution in [0.5, 0.6) is 0 Å². The van der Waals surface area contributed by atoms with Crippen LogP contribution in [-0.4, -0.2) is 22.2 Å². The molecule has 0 saturated heterocycles. The molecule has 0 spiro atoms. The summed E-state index contributed by atoms with van der Waals surface area (Å²) in [6.07, 6.45) is 4.87. The summed E-state index contributed by atoms with van der Waals surface area (Å²) in [6, 6.07) is 0. The molecule has 0 fully saturated rings. The number of hydrogen-bond acceptors (Lipinski definition) is 3. The van der Waals surface area contributed by atoms with Crippen LogP contribution in [0.4, 0.5) is 5.69 Å². The molecule has 0 aliphatic rings. The fraction of sp³-hybridized carbons (Fsp3) is 0.667. The first-order chi connectivity index (χ1) is 8.01. The number of aryl methyl sites for hydroxylation is 1. The number of rotatable bonds is 6. The fourth-order valence-electron chi connectivity index (χ4n) is 1.89. The fourth-order valence-corrected chi connectivity index (χ4v) is 1.89. The summed E-state index contributed by atoms with van der Waals surface area (Å²) in [5.74, 6) is 0.829. The minimum atomic E-state index is 0.00843. The molecule has 0 aromatic carbocycles. The number of aromatic nitrogens is 2. The second-order valence-electron chi connectivity index (χ2n) is 4.89. The molecular formula is C12H22N4O. The van der Waals surface area contributed by atoms with Gasteiger partial charge in [0, 0.05) is 19.7 Å². The highest BCUT2D eigenvalue weighted by Gasteiger charge is 2.14. The molecule has 96 valence electrons. The van der Waals surface area contributed by atoms with Gasteiger partial charge in [-0.15, -0.1) is 0 Å². The lowest BCUT2D eigenvalue weighted by Crippen LogP contribution is -2.23. The van der Waals surface area contributed by atoms with Gasteiger partial charge in [-0.05, 0) is 24.8 Å². The number of nitrogens with one attached hydrogen (secondary N) is 1. The smallest absolute Gasteiger partial charge is 0.224 e. The number of amides is 1. The van der Waals surface area contributed by atoms with E-state index in [2.05, 4.69) is 24.3 Å². The minimum Gasteiger partial charge on any atom is -0.330 e. The summed E-state index contributed by atoms with van der Waals surface area (Å²) in [6.45, 7) is 4.84. The average molecular weight is 238 g/mol. The van der Waals surface area contributed by atoms with Crippen molar-refractivity contribution in [2.24, 2.45) is 24.6 Å². The number of nitrogens with two attached hydrogens (primary N) is 1. The van der Waals surface area contributed by atoms with Gasteiger partial charge in [-0.1, -0.05) is 13.8 Å². The van der Waals surface area contributed by atoms with Crippen molar-refractivity contribution in [1.82, 2.24) is 9.78 Å². The van der Waals surface area contributed by atoms with E-state index in [9.17, 15) is 4.79 Å². The van der Waals surface area contributed by atoms with Gasteiger partial charge in [-0.2, -0.15) is 5.10 Å². The number of anilines is 1. The molecule has 1 unspecified atom stereocenters. The third-order valence-corrected chi connectivity index (χ3v) is 2.60. The number of nitrogens with zero attached hydrogens (tertiary/aromatic N) is 2. The van der Waals surface area contributed by atoms with E-state index in [4.69, 9.17) is 5.73 Å². The van der Waals surface area contributed by atoms with Crippen LogP contribution in [0, 0.1) is 11.8 Å². The lowest BCUT2D eigenvalue weighted by Gasteiger charge is -2.16. The Kier molecular flexibility index (Phi) is 5.15. The van der Waals surface area contributed by atoms with Crippen molar-refractivity contribution in [2.75, 3.05) is 11.9 Å². The van der Waals surface area contributed by atoms with Crippen molar-refractivity contribution in [2.45, 2.75) is 26.7 Å². The summed E-state index contributed by atoms with van der Waals surface area (Å²) in [5.41, 5.74) is 6.40. The molecule has 0 radical (unpaired) electrons. The van der Waals surface area contributed by atoms with Crippen molar-refractivity contribution in [3.63, 3.8) is 0 Å². The number of carbonyl (C=O) groups excluding carboxylic acids is 1. The molecule has 0 aliphatic heterocycles. The van der Waals surface area contributed by atoms with Gasteiger partial charge in [-0.3, -0.25) is 9.48 Å². The van der Waals surface area contributed by atoms with E-state index in [0.717, 1.165) is 12.1 Å². The molecule has 1 heterocycles. The molecule has 17 heavy (non-hydrogen) atoms. The van der Waals surface area contributed by atoms with Crippen molar-refractivity contribution in [3.05, 3.63) is 12.4 Å². The highest BCUT2D eigenvalue weighted by molar-refractivity contribution is 5.90. The summed E-state index contributed by atoms with van der Waals surface area (Å²) in [5, 5.41) is 6.82. The molecule has 1 atom stereocenters. The maximum Gasteiger partial charge on any atom is 0.224 e. The van der Waals surface area contributed by atoms with Crippen LogP contribution in [0.1, 0.15) is 26.7 Å². The van der Waals surface area contributed by atoms with Gasteiger partial charge >= 0.3 is 0 Å². The maximum atomic E-state index is 11.8. The van der Waals surface area contributed by atoms with E-state index < -0.39 is 0 Å². The van der Waals surface area contributed by atoms with Crippen molar-refractivity contribution >= 4 is 11.6 Å². The van der Waals surface area contributed by atoms with Gasteiger partial charge < -0.3 is 11.1 Å². The Bertz CT molecular complexity index is 359. The zero-order chi connectivity index (χ0) is 12.8. The number of carbonyl (C=O) groups is 1. The Morgan fingerprint density at radius 2 is 2.29 bits per heavy atom. The van der Waals surface area contributed by atoms with Gasteiger partial charge in [0.15, 0.2) is 0 Å². The van der Waals surface area contributed by atoms with E-state index in [1.165, 1.54) is 0 Å². The molecule has 0 saturated carbocycles. The minimum absolute atomic E-state index is 0.00843. The monoisotopic (exact) mass is 238 g/mol. The van der Waals surface area contributed by atoms with Crippen LogP contribution < -0.4 is 11.1 Å². The van der Waals surface area contributed by atoms with Crippen LogP contribution in [0.2, 0.25) is 0 Å². The molecule has 0 bridgehead atoms. The SMILES string of the molecule is CC(C)CC(CN)CC(=O)Nc1cnn(C)c1. The standard InChI is InChI=1S/C12H22N4O/c1-9(2)4-10(6-13)5-12(17)15-11-7-14-16(3)8-11/h7-10H,4-6,13H2,1-3H3,(H,15,17). The molecule has 1 amide bonds. The van der Waals surface area contributed by atoms with E-state index in [1.807, 2.05) is 7.05 Å². The van der Waals surface area contributed by atoms with Crippen LogP contribution >= 0.6 is 0 Å². The maximum absolute atomic E-state index is 11.8. The lowest BCUT2D eigenvalue weighted by molar-refractivity contribution is -0.117. The quantitative estimate of drug-likeness (QED) is 0.786. The van der Waals surface area contributed by atoms with E-state index in [0.29, 0.717) is 18.9 Å². The van der Waals surface area contributed by atoms with Crippen LogP contribution in [0.15, 0.2) is 12.4 Å². The summed E-state index contributed by atoms with van der Waals surface area (Å²) >= 11 is 0. The second kappa shape index (κ2) is 6.39. The van der Waals surface area contributed by atoms with Crippen molar-refractivity contribution in [3.8, 4) is 0 Å². The Morgan fingerprint density at radius 1 is 1.59 bits per heavy atom. The van der Waals surface area contributed by atoms with Crippen molar-refractivity contribution in [1.29, 1.82) is 0 Å². The van der Waals surface area contributed by atoms with Gasteiger partial charge in [-0.25, -0.2) is 0 Å². The zero-order valence-electron chi connectivity index (χ0n) is 10.8. The summed E-state index contributed by atoms with van der Waals surface area (Å²) < 4.78 is 1.66. The van der Waals surface area contributed by atoms with E-state index in [-0.39, 0.29) is 11.8 Å². The zero-order valence-corrected chi connectivity index (χ0v) is 10.8. The first-order valence-electron chi connectivity index (χ1n) is 5.99. The first kappa shape index (κ1) is 13.7. The molecule has 3 N–H and O–H groups in total. The summed E-state index contributed by atoms with van der Waals surface area (Å²) in [7, 11) is 1.82. The summed E-state index contributed by atoms with van der Waals surface area (Å²) in [4.78, 5) is 11.8. The molecule has 1 rings (SSSR count). The van der Waals surface area contributed by atoms with Gasteiger partial charge in [0.25, 0.3) is 0 Å². The molecule has 1 aromatic rings. The molecule has 5 heteroatoms. The van der Waals surface area contributed by atoms with Gasteiger partial charge in [0.1, 0.15) is 0 Å².